The minimum Gasteiger partial charge on any atom is -0.483 e. The summed E-state index contributed by atoms with van der Waals surface area (Å²) in [5.41, 5.74) is 3.11. The maximum Gasteiger partial charge on any atom is 0.341 e. The highest BCUT2D eigenvalue weighted by molar-refractivity contribution is 7.17. The lowest BCUT2D eigenvalue weighted by molar-refractivity contribution is -0.118. The smallest absolute Gasteiger partial charge is 0.341 e. The predicted molar refractivity (Wildman–Crippen MR) is 120 cm³/mol. The van der Waals surface area contributed by atoms with Crippen LogP contribution in [0.1, 0.15) is 34.6 Å². The summed E-state index contributed by atoms with van der Waals surface area (Å²) in [6.07, 6.45) is 0.815. The van der Waals surface area contributed by atoms with E-state index in [-0.39, 0.29) is 19.1 Å². The van der Waals surface area contributed by atoms with Gasteiger partial charge in [-0.25, -0.2) is 4.79 Å². The van der Waals surface area contributed by atoms with Gasteiger partial charge in [-0.15, -0.1) is 11.3 Å². The normalized spacial score (nSPS) is 10.5. The van der Waals surface area contributed by atoms with E-state index in [1.54, 1.807) is 6.92 Å². The Hall–Kier alpha value is -3.12. The second-order valence-electron chi connectivity index (χ2n) is 6.62. The quantitative estimate of drug-likeness (QED) is 0.487. The molecule has 6 heteroatoms. The molecule has 0 saturated carbocycles. The first kappa shape index (κ1) is 21.6. The standard InChI is InChI=1S/C24H25NO4S/c1-4-17-11-9-10-14-19(17)29-15-20(26)25-23-22(24(27)28-5-2)21(16(3)30-23)18-12-7-6-8-13-18/h6-14H,4-5,15H2,1-3H3,(H,25,26). The molecule has 0 bridgehead atoms. The number of nitrogens with one attached hydrogen (secondary N) is 1. The third-order valence-corrected chi connectivity index (χ3v) is 5.61. The van der Waals surface area contributed by atoms with Crippen molar-refractivity contribution in [2.45, 2.75) is 27.2 Å². The molecule has 0 radical (unpaired) electrons. The van der Waals surface area contributed by atoms with Gasteiger partial charge < -0.3 is 14.8 Å². The number of carbonyl (C=O) groups is 2. The fourth-order valence-electron chi connectivity index (χ4n) is 3.23. The molecule has 3 rings (SSSR count). The second-order valence-corrected chi connectivity index (χ2v) is 7.85. The SMILES string of the molecule is CCOC(=O)c1c(NC(=O)COc2ccccc2CC)sc(C)c1-c1ccccc1. The van der Waals surface area contributed by atoms with Crippen LogP contribution in [0.4, 0.5) is 5.00 Å². The molecule has 2 aromatic carbocycles. The Kier molecular flexibility index (Phi) is 7.25. The highest BCUT2D eigenvalue weighted by Gasteiger charge is 2.25. The summed E-state index contributed by atoms with van der Waals surface area (Å²) in [6, 6.07) is 17.3. The summed E-state index contributed by atoms with van der Waals surface area (Å²) in [4.78, 5) is 26.2. The van der Waals surface area contributed by atoms with Gasteiger partial charge in [-0.2, -0.15) is 0 Å². The van der Waals surface area contributed by atoms with Crippen LogP contribution in [0.15, 0.2) is 54.6 Å². The number of benzene rings is 2. The van der Waals surface area contributed by atoms with E-state index in [0.717, 1.165) is 28.0 Å². The van der Waals surface area contributed by atoms with Crippen molar-refractivity contribution in [3.8, 4) is 16.9 Å². The zero-order chi connectivity index (χ0) is 21.5. The lowest BCUT2D eigenvalue weighted by atomic mass is 10.0. The molecule has 3 aromatic rings. The number of hydrogen-bond donors (Lipinski definition) is 1. The lowest BCUT2D eigenvalue weighted by Gasteiger charge is -2.11. The van der Waals surface area contributed by atoms with Gasteiger partial charge in [0.15, 0.2) is 6.61 Å². The minimum atomic E-state index is -0.451. The summed E-state index contributed by atoms with van der Waals surface area (Å²) in [7, 11) is 0. The Morgan fingerprint density at radius 1 is 1.00 bits per heavy atom. The number of carbonyl (C=O) groups excluding carboxylic acids is 2. The Bertz CT molecular complexity index is 1030. The zero-order valence-electron chi connectivity index (χ0n) is 17.4. The molecule has 0 saturated heterocycles. The molecule has 1 amide bonds. The molecular formula is C24H25NO4S. The lowest BCUT2D eigenvalue weighted by Crippen LogP contribution is -2.21. The molecular weight excluding hydrogens is 398 g/mol. The molecule has 0 atom stereocenters. The summed E-state index contributed by atoms with van der Waals surface area (Å²) >= 11 is 1.36. The Morgan fingerprint density at radius 3 is 2.40 bits per heavy atom. The van der Waals surface area contributed by atoms with E-state index in [4.69, 9.17) is 9.47 Å². The molecule has 156 valence electrons. The van der Waals surface area contributed by atoms with Crippen molar-refractivity contribution in [1.82, 2.24) is 0 Å². The summed E-state index contributed by atoms with van der Waals surface area (Å²) in [5, 5.41) is 3.32. The average Bonchev–Trinajstić information content (AvgIpc) is 3.08. The van der Waals surface area contributed by atoms with Gasteiger partial charge in [0.25, 0.3) is 5.91 Å². The van der Waals surface area contributed by atoms with E-state index in [1.165, 1.54) is 11.3 Å². The molecule has 1 N–H and O–H groups in total. The van der Waals surface area contributed by atoms with Gasteiger partial charge in [-0.1, -0.05) is 55.5 Å². The third kappa shape index (κ3) is 4.89. The van der Waals surface area contributed by atoms with Crippen LogP contribution >= 0.6 is 11.3 Å². The van der Waals surface area contributed by atoms with E-state index in [9.17, 15) is 9.59 Å². The van der Waals surface area contributed by atoms with Crippen LogP contribution in [-0.2, 0) is 16.0 Å². The number of thiophene rings is 1. The first-order chi connectivity index (χ1) is 14.5. The zero-order valence-corrected chi connectivity index (χ0v) is 18.2. The van der Waals surface area contributed by atoms with Crippen molar-refractivity contribution in [2.75, 3.05) is 18.5 Å². The van der Waals surface area contributed by atoms with Gasteiger partial charge in [0.1, 0.15) is 16.3 Å². The van der Waals surface area contributed by atoms with E-state index in [0.29, 0.717) is 16.3 Å². The number of ether oxygens (including phenoxy) is 2. The number of aryl methyl sites for hydroxylation is 2. The summed E-state index contributed by atoms with van der Waals surface area (Å²) < 4.78 is 11.0. The number of rotatable bonds is 8. The van der Waals surface area contributed by atoms with Gasteiger partial charge in [-0.05, 0) is 37.5 Å². The number of amides is 1. The molecule has 0 spiro atoms. The summed E-state index contributed by atoms with van der Waals surface area (Å²) in [5.74, 6) is -0.0892. The van der Waals surface area contributed by atoms with Crippen LogP contribution in [0.3, 0.4) is 0 Å². The number of esters is 1. The first-order valence-electron chi connectivity index (χ1n) is 9.91. The number of hydrogen-bond acceptors (Lipinski definition) is 5. The van der Waals surface area contributed by atoms with Crippen molar-refractivity contribution in [3.63, 3.8) is 0 Å². The van der Waals surface area contributed by atoms with Gasteiger partial charge in [-0.3, -0.25) is 4.79 Å². The fourth-order valence-corrected chi connectivity index (χ4v) is 4.31. The molecule has 30 heavy (non-hydrogen) atoms. The Balaban J connectivity index is 1.84. The molecule has 0 fully saturated rings. The summed E-state index contributed by atoms with van der Waals surface area (Å²) in [6.45, 7) is 5.84. The van der Waals surface area contributed by atoms with Crippen LogP contribution in [-0.4, -0.2) is 25.1 Å². The Morgan fingerprint density at radius 2 is 1.70 bits per heavy atom. The monoisotopic (exact) mass is 423 g/mol. The van der Waals surface area contributed by atoms with Crippen molar-refractivity contribution in [3.05, 3.63) is 70.6 Å². The van der Waals surface area contributed by atoms with Crippen molar-refractivity contribution >= 4 is 28.2 Å². The Labute approximate surface area is 180 Å². The van der Waals surface area contributed by atoms with Crippen LogP contribution in [0, 0.1) is 6.92 Å². The maximum absolute atomic E-state index is 12.7. The van der Waals surface area contributed by atoms with Gasteiger partial charge >= 0.3 is 5.97 Å². The van der Waals surface area contributed by atoms with E-state index >= 15 is 0 Å². The highest BCUT2D eigenvalue weighted by Crippen LogP contribution is 2.40. The largest absolute Gasteiger partial charge is 0.483 e. The highest BCUT2D eigenvalue weighted by atomic mass is 32.1. The van der Waals surface area contributed by atoms with Crippen LogP contribution < -0.4 is 10.1 Å². The minimum absolute atomic E-state index is 0.142. The van der Waals surface area contributed by atoms with E-state index in [1.807, 2.05) is 68.4 Å². The van der Waals surface area contributed by atoms with Crippen molar-refractivity contribution in [2.24, 2.45) is 0 Å². The van der Waals surface area contributed by atoms with Crippen molar-refractivity contribution in [1.29, 1.82) is 0 Å². The molecule has 0 aliphatic carbocycles. The molecule has 0 aliphatic rings. The average molecular weight is 424 g/mol. The molecule has 1 aromatic heterocycles. The molecule has 0 unspecified atom stereocenters. The third-order valence-electron chi connectivity index (χ3n) is 4.59. The van der Waals surface area contributed by atoms with Crippen LogP contribution in [0.5, 0.6) is 5.75 Å². The predicted octanol–water partition coefficient (Wildman–Crippen LogP) is 5.48. The number of para-hydroxylation sites is 1. The molecule has 0 aliphatic heterocycles. The van der Waals surface area contributed by atoms with E-state index in [2.05, 4.69) is 5.32 Å². The van der Waals surface area contributed by atoms with Gasteiger partial charge in [0.05, 0.1) is 6.61 Å². The van der Waals surface area contributed by atoms with Crippen molar-refractivity contribution < 1.29 is 19.1 Å². The topological polar surface area (TPSA) is 64.6 Å². The van der Waals surface area contributed by atoms with Crippen LogP contribution in [0.2, 0.25) is 0 Å². The first-order valence-corrected chi connectivity index (χ1v) is 10.7. The second kappa shape index (κ2) is 10.1. The molecule has 1 heterocycles. The van der Waals surface area contributed by atoms with Gasteiger partial charge in [0.2, 0.25) is 0 Å². The van der Waals surface area contributed by atoms with Crippen LogP contribution in [0.25, 0.3) is 11.1 Å². The number of anilines is 1. The molecule has 5 nitrogen and oxygen atoms in total. The van der Waals surface area contributed by atoms with E-state index < -0.39 is 5.97 Å². The maximum atomic E-state index is 12.7. The fraction of sp³-hybridized carbons (Fsp3) is 0.250. The van der Waals surface area contributed by atoms with Gasteiger partial charge in [0, 0.05) is 10.4 Å².